The van der Waals surface area contributed by atoms with E-state index in [0.717, 1.165) is 24.2 Å². The molecule has 1 aromatic heterocycles. The third-order valence-electron chi connectivity index (χ3n) is 4.29. The van der Waals surface area contributed by atoms with Crippen molar-refractivity contribution in [1.29, 1.82) is 0 Å². The molecule has 1 N–H and O–H groups in total. The number of halogens is 2. The molecule has 0 aliphatic carbocycles. The lowest BCUT2D eigenvalue weighted by Gasteiger charge is -2.09. The van der Waals surface area contributed by atoms with Crippen LogP contribution in [0.25, 0.3) is 16.9 Å². The Labute approximate surface area is 174 Å². The predicted molar refractivity (Wildman–Crippen MR) is 113 cm³/mol. The van der Waals surface area contributed by atoms with Gasteiger partial charge in [-0.15, -0.1) is 0 Å². The SMILES string of the molecule is CCCCNC(=O)c1cc(-c2ccc(OC)cc2)nn1-c1ccc(Cl)c(Cl)c1. The van der Waals surface area contributed by atoms with Gasteiger partial charge in [0.25, 0.3) is 5.91 Å². The van der Waals surface area contributed by atoms with Crippen molar-refractivity contribution in [2.24, 2.45) is 0 Å². The number of ether oxygens (including phenoxy) is 1. The highest BCUT2D eigenvalue weighted by Gasteiger charge is 2.18. The first-order valence-electron chi connectivity index (χ1n) is 9.01. The lowest BCUT2D eigenvalue weighted by Crippen LogP contribution is -2.26. The zero-order chi connectivity index (χ0) is 20.1. The molecular weight excluding hydrogens is 397 g/mol. The summed E-state index contributed by atoms with van der Waals surface area (Å²) in [6, 6.07) is 14.4. The largest absolute Gasteiger partial charge is 0.497 e. The van der Waals surface area contributed by atoms with E-state index in [0.29, 0.717) is 33.7 Å². The third-order valence-corrected chi connectivity index (χ3v) is 5.03. The van der Waals surface area contributed by atoms with Gasteiger partial charge in [0.15, 0.2) is 0 Å². The van der Waals surface area contributed by atoms with E-state index in [2.05, 4.69) is 17.3 Å². The summed E-state index contributed by atoms with van der Waals surface area (Å²) in [6.45, 7) is 2.69. The van der Waals surface area contributed by atoms with Crippen LogP contribution in [0, 0.1) is 0 Å². The van der Waals surface area contributed by atoms with Gasteiger partial charge in [-0.25, -0.2) is 4.68 Å². The Morgan fingerprint density at radius 3 is 2.50 bits per heavy atom. The number of aromatic nitrogens is 2. The maximum Gasteiger partial charge on any atom is 0.270 e. The second kappa shape index (κ2) is 9.13. The van der Waals surface area contributed by atoms with Gasteiger partial charge in [-0.3, -0.25) is 4.79 Å². The standard InChI is InChI=1S/C21H21Cl2N3O2/c1-3-4-11-24-21(27)20-13-19(14-5-8-16(28-2)9-6-14)25-26(20)15-7-10-17(22)18(23)12-15/h5-10,12-13H,3-4,11H2,1-2H3,(H,24,27). The Hall–Kier alpha value is -2.50. The van der Waals surface area contributed by atoms with Crippen LogP contribution in [0.5, 0.6) is 5.75 Å². The average Bonchev–Trinajstić information content (AvgIpc) is 3.16. The Kier molecular flexibility index (Phi) is 6.60. The molecular formula is C21H21Cl2N3O2. The quantitative estimate of drug-likeness (QED) is 0.524. The topological polar surface area (TPSA) is 56.1 Å². The van der Waals surface area contributed by atoms with Crippen LogP contribution in [0.1, 0.15) is 30.3 Å². The van der Waals surface area contributed by atoms with Crippen LogP contribution >= 0.6 is 23.2 Å². The summed E-state index contributed by atoms with van der Waals surface area (Å²) in [5.41, 5.74) is 2.65. The Balaban J connectivity index is 2.02. The van der Waals surface area contributed by atoms with E-state index in [1.54, 1.807) is 36.1 Å². The molecule has 5 nitrogen and oxygen atoms in total. The summed E-state index contributed by atoms with van der Waals surface area (Å²) in [7, 11) is 1.62. The number of carbonyl (C=O) groups is 1. The summed E-state index contributed by atoms with van der Waals surface area (Å²) < 4.78 is 6.79. The molecule has 0 atom stereocenters. The molecule has 1 amide bonds. The number of unbranched alkanes of at least 4 members (excludes halogenated alkanes) is 1. The number of carbonyl (C=O) groups excluding carboxylic acids is 1. The number of hydrogen-bond donors (Lipinski definition) is 1. The van der Waals surface area contributed by atoms with E-state index in [1.807, 2.05) is 24.3 Å². The van der Waals surface area contributed by atoms with Gasteiger partial charge in [-0.1, -0.05) is 36.5 Å². The maximum atomic E-state index is 12.8. The lowest BCUT2D eigenvalue weighted by molar-refractivity contribution is 0.0945. The van der Waals surface area contributed by atoms with Crippen LogP contribution in [0.2, 0.25) is 10.0 Å². The zero-order valence-corrected chi connectivity index (χ0v) is 17.2. The van der Waals surface area contributed by atoms with Crippen LogP contribution in [-0.4, -0.2) is 29.3 Å². The van der Waals surface area contributed by atoms with Gasteiger partial charge in [-0.2, -0.15) is 5.10 Å². The van der Waals surface area contributed by atoms with Gasteiger partial charge in [0, 0.05) is 12.1 Å². The molecule has 0 unspecified atom stereocenters. The number of nitrogens with one attached hydrogen (secondary N) is 1. The highest BCUT2D eigenvalue weighted by molar-refractivity contribution is 6.42. The number of nitrogens with zero attached hydrogens (tertiary/aromatic N) is 2. The summed E-state index contributed by atoms with van der Waals surface area (Å²) >= 11 is 12.2. The van der Waals surface area contributed by atoms with E-state index in [9.17, 15) is 4.79 Å². The molecule has 0 fully saturated rings. The van der Waals surface area contributed by atoms with Crippen molar-refractivity contribution in [3.8, 4) is 22.7 Å². The molecule has 3 rings (SSSR count). The molecule has 0 radical (unpaired) electrons. The summed E-state index contributed by atoms with van der Waals surface area (Å²) in [6.07, 6.45) is 1.92. The molecule has 146 valence electrons. The Bertz CT molecular complexity index is 968. The maximum absolute atomic E-state index is 12.8. The van der Waals surface area contributed by atoms with Crippen LogP contribution in [0.4, 0.5) is 0 Å². The van der Waals surface area contributed by atoms with Crippen molar-refractivity contribution in [3.05, 3.63) is 64.3 Å². The lowest BCUT2D eigenvalue weighted by atomic mass is 10.1. The summed E-state index contributed by atoms with van der Waals surface area (Å²) in [4.78, 5) is 12.8. The molecule has 0 bridgehead atoms. The van der Waals surface area contributed by atoms with E-state index in [1.165, 1.54) is 0 Å². The van der Waals surface area contributed by atoms with Crippen molar-refractivity contribution in [3.63, 3.8) is 0 Å². The number of rotatable bonds is 7. The fourth-order valence-electron chi connectivity index (χ4n) is 2.73. The minimum absolute atomic E-state index is 0.188. The first kappa shape index (κ1) is 20.2. The van der Waals surface area contributed by atoms with Crippen molar-refractivity contribution < 1.29 is 9.53 Å². The van der Waals surface area contributed by atoms with Crippen molar-refractivity contribution >= 4 is 29.1 Å². The first-order valence-corrected chi connectivity index (χ1v) is 9.77. The van der Waals surface area contributed by atoms with Crippen molar-refractivity contribution in [1.82, 2.24) is 15.1 Å². The first-order chi connectivity index (χ1) is 13.5. The van der Waals surface area contributed by atoms with Crippen molar-refractivity contribution in [2.45, 2.75) is 19.8 Å². The zero-order valence-electron chi connectivity index (χ0n) is 15.7. The number of amides is 1. The van der Waals surface area contributed by atoms with Crippen LogP contribution < -0.4 is 10.1 Å². The van der Waals surface area contributed by atoms with E-state index in [4.69, 9.17) is 27.9 Å². The van der Waals surface area contributed by atoms with Gasteiger partial charge in [0.2, 0.25) is 0 Å². The van der Waals surface area contributed by atoms with Gasteiger partial charge in [0.1, 0.15) is 11.4 Å². The minimum Gasteiger partial charge on any atom is -0.497 e. The molecule has 3 aromatic rings. The molecule has 0 aliphatic rings. The van der Waals surface area contributed by atoms with Gasteiger partial charge < -0.3 is 10.1 Å². The van der Waals surface area contributed by atoms with Crippen LogP contribution in [-0.2, 0) is 0 Å². The fraction of sp³-hybridized carbons (Fsp3) is 0.238. The molecule has 2 aromatic carbocycles. The second-order valence-electron chi connectivity index (χ2n) is 6.26. The van der Waals surface area contributed by atoms with E-state index < -0.39 is 0 Å². The molecule has 28 heavy (non-hydrogen) atoms. The average molecular weight is 418 g/mol. The van der Waals surface area contributed by atoms with Crippen LogP contribution in [0.3, 0.4) is 0 Å². The Morgan fingerprint density at radius 1 is 1.11 bits per heavy atom. The third kappa shape index (κ3) is 4.49. The number of hydrogen-bond acceptors (Lipinski definition) is 3. The molecule has 0 aliphatic heterocycles. The molecule has 0 saturated carbocycles. The van der Waals surface area contributed by atoms with E-state index >= 15 is 0 Å². The molecule has 1 heterocycles. The second-order valence-corrected chi connectivity index (χ2v) is 7.08. The number of methoxy groups -OCH3 is 1. The fourth-order valence-corrected chi connectivity index (χ4v) is 3.02. The predicted octanol–water partition coefficient (Wildman–Crippen LogP) is 5.38. The van der Waals surface area contributed by atoms with Crippen molar-refractivity contribution in [2.75, 3.05) is 13.7 Å². The highest BCUT2D eigenvalue weighted by Crippen LogP contribution is 2.27. The Morgan fingerprint density at radius 2 is 1.86 bits per heavy atom. The van der Waals surface area contributed by atoms with Gasteiger partial charge in [-0.05, 0) is 55.0 Å². The van der Waals surface area contributed by atoms with Crippen LogP contribution in [0.15, 0.2) is 48.5 Å². The van der Waals surface area contributed by atoms with Gasteiger partial charge >= 0.3 is 0 Å². The monoisotopic (exact) mass is 417 g/mol. The minimum atomic E-state index is -0.188. The molecule has 7 heteroatoms. The number of benzene rings is 2. The summed E-state index contributed by atoms with van der Waals surface area (Å²) in [5.74, 6) is 0.567. The summed E-state index contributed by atoms with van der Waals surface area (Å²) in [5, 5.41) is 8.43. The molecule has 0 spiro atoms. The van der Waals surface area contributed by atoms with E-state index in [-0.39, 0.29) is 5.91 Å². The smallest absolute Gasteiger partial charge is 0.270 e. The normalized spacial score (nSPS) is 10.7. The highest BCUT2D eigenvalue weighted by atomic mass is 35.5. The molecule has 0 saturated heterocycles. The van der Waals surface area contributed by atoms with Gasteiger partial charge in [0.05, 0.1) is 28.5 Å².